The number of aryl methyl sites for hydroxylation is 1. The minimum Gasteiger partial charge on any atom is -0.490 e. The molecule has 0 fully saturated rings. The molecule has 0 aliphatic heterocycles. The molecule has 0 heterocycles. The molecule has 2 aromatic carbocycles. The number of rotatable bonds is 15. The molecule has 0 saturated heterocycles. The van der Waals surface area contributed by atoms with E-state index in [2.05, 4.69) is 17.6 Å². The summed E-state index contributed by atoms with van der Waals surface area (Å²) in [5.74, 6) is 1.06. The lowest BCUT2D eigenvalue weighted by Crippen LogP contribution is -2.20. The molecule has 31 heavy (non-hydrogen) atoms. The van der Waals surface area contributed by atoms with E-state index in [4.69, 9.17) is 9.47 Å². The van der Waals surface area contributed by atoms with Crippen molar-refractivity contribution in [3.8, 4) is 11.5 Å². The van der Waals surface area contributed by atoms with Crippen molar-refractivity contribution in [2.75, 3.05) is 25.1 Å². The molecule has 0 unspecified atom stereocenters. The van der Waals surface area contributed by atoms with Crippen LogP contribution >= 0.6 is 0 Å². The highest BCUT2D eigenvalue weighted by Gasteiger charge is 2.10. The van der Waals surface area contributed by atoms with Crippen LogP contribution in [0.15, 0.2) is 42.5 Å². The molecule has 0 atom stereocenters. The molecule has 0 saturated carbocycles. The summed E-state index contributed by atoms with van der Waals surface area (Å²) in [5.41, 5.74) is 3.05. The fraction of sp³-hybridized carbons (Fsp3) is 0.500. The van der Waals surface area contributed by atoms with E-state index in [-0.39, 0.29) is 12.5 Å². The normalized spacial score (nSPS) is 10.7. The van der Waals surface area contributed by atoms with E-state index < -0.39 is 0 Å². The molecular formula is C26H38N2O3. The maximum Gasteiger partial charge on any atom is 0.262 e. The van der Waals surface area contributed by atoms with Gasteiger partial charge in [0, 0.05) is 12.2 Å². The Labute approximate surface area is 187 Å². The van der Waals surface area contributed by atoms with Crippen LogP contribution in [0.25, 0.3) is 0 Å². The van der Waals surface area contributed by atoms with E-state index >= 15 is 0 Å². The lowest BCUT2D eigenvalue weighted by atomic mass is 10.1. The average Bonchev–Trinajstić information content (AvgIpc) is 2.77. The van der Waals surface area contributed by atoms with Crippen molar-refractivity contribution < 1.29 is 14.3 Å². The highest BCUT2D eigenvalue weighted by molar-refractivity contribution is 5.91. The van der Waals surface area contributed by atoms with Crippen LogP contribution in [0.3, 0.4) is 0 Å². The second-order valence-corrected chi connectivity index (χ2v) is 7.86. The molecule has 2 N–H and O–H groups in total. The molecule has 0 aliphatic rings. The summed E-state index contributed by atoms with van der Waals surface area (Å²) in [4.78, 5) is 12.2. The molecule has 2 aromatic rings. The summed E-state index contributed by atoms with van der Waals surface area (Å²) in [7, 11) is 0. The summed E-state index contributed by atoms with van der Waals surface area (Å²) in [5, 5.41) is 6.35. The highest BCUT2D eigenvalue weighted by Crippen LogP contribution is 2.28. The predicted molar refractivity (Wildman–Crippen MR) is 128 cm³/mol. The Kier molecular flexibility index (Phi) is 11.5. The SMILES string of the molecule is CCCCCCCCNCc1ccc(OCC(=O)Nc2ccc(C)cc2)c(OCC)c1. The number of nitrogens with one attached hydrogen (secondary N) is 2. The second-order valence-electron chi connectivity index (χ2n) is 7.86. The third-order valence-electron chi connectivity index (χ3n) is 5.04. The van der Waals surface area contributed by atoms with Crippen LogP contribution < -0.4 is 20.1 Å². The average molecular weight is 427 g/mol. The van der Waals surface area contributed by atoms with Gasteiger partial charge in [-0.25, -0.2) is 0 Å². The van der Waals surface area contributed by atoms with Crippen molar-refractivity contribution in [2.45, 2.75) is 65.8 Å². The minimum atomic E-state index is -0.198. The van der Waals surface area contributed by atoms with Gasteiger partial charge in [-0.05, 0) is 56.6 Å². The van der Waals surface area contributed by atoms with Gasteiger partial charge in [0.15, 0.2) is 18.1 Å². The van der Waals surface area contributed by atoms with Gasteiger partial charge in [0.25, 0.3) is 5.91 Å². The van der Waals surface area contributed by atoms with Gasteiger partial charge in [0.1, 0.15) is 0 Å². The molecule has 5 heteroatoms. The fourth-order valence-corrected chi connectivity index (χ4v) is 3.29. The first-order valence-electron chi connectivity index (χ1n) is 11.6. The number of amides is 1. The zero-order valence-electron chi connectivity index (χ0n) is 19.3. The number of unbranched alkanes of at least 4 members (excludes halogenated alkanes) is 5. The van der Waals surface area contributed by atoms with Crippen LogP contribution in [0.5, 0.6) is 11.5 Å². The topological polar surface area (TPSA) is 59.6 Å². The Morgan fingerprint density at radius 1 is 0.871 bits per heavy atom. The van der Waals surface area contributed by atoms with E-state index in [1.807, 2.05) is 56.3 Å². The van der Waals surface area contributed by atoms with Crippen LogP contribution in [0.2, 0.25) is 0 Å². The van der Waals surface area contributed by atoms with Gasteiger partial charge in [0.2, 0.25) is 0 Å². The molecule has 0 aliphatic carbocycles. The number of hydrogen-bond acceptors (Lipinski definition) is 4. The van der Waals surface area contributed by atoms with E-state index in [0.29, 0.717) is 18.1 Å². The van der Waals surface area contributed by atoms with Gasteiger partial charge in [-0.1, -0.05) is 62.8 Å². The van der Waals surface area contributed by atoms with E-state index in [1.165, 1.54) is 38.5 Å². The Hall–Kier alpha value is -2.53. The van der Waals surface area contributed by atoms with E-state index in [1.54, 1.807) is 0 Å². The number of anilines is 1. The zero-order chi connectivity index (χ0) is 22.3. The van der Waals surface area contributed by atoms with Crippen molar-refractivity contribution in [2.24, 2.45) is 0 Å². The van der Waals surface area contributed by atoms with Crippen molar-refractivity contribution in [3.63, 3.8) is 0 Å². The first-order valence-corrected chi connectivity index (χ1v) is 11.6. The molecule has 0 radical (unpaired) electrons. The number of hydrogen-bond donors (Lipinski definition) is 2. The Balaban J connectivity index is 1.78. The quantitative estimate of drug-likeness (QED) is 0.350. The highest BCUT2D eigenvalue weighted by atomic mass is 16.5. The van der Waals surface area contributed by atoms with E-state index in [9.17, 15) is 4.79 Å². The van der Waals surface area contributed by atoms with Gasteiger partial charge in [-0.3, -0.25) is 4.79 Å². The van der Waals surface area contributed by atoms with Gasteiger partial charge in [-0.15, -0.1) is 0 Å². The Bertz CT molecular complexity index is 775. The molecule has 1 amide bonds. The van der Waals surface area contributed by atoms with Crippen LogP contribution in [-0.4, -0.2) is 25.7 Å². The largest absolute Gasteiger partial charge is 0.490 e. The lowest BCUT2D eigenvalue weighted by Gasteiger charge is -2.14. The third-order valence-corrected chi connectivity index (χ3v) is 5.04. The van der Waals surface area contributed by atoms with Crippen LogP contribution in [-0.2, 0) is 11.3 Å². The Morgan fingerprint density at radius 2 is 1.61 bits per heavy atom. The maximum absolute atomic E-state index is 12.2. The second kappa shape index (κ2) is 14.5. The molecule has 0 bridgehead atoms. The maximum atomic E-state index is 12.2. The van der Waals surface area contributed by atoms with Gasteiger partial charge in [0.05, 0.1) is 6.61 Å². The van der Waals surface area contributed by atoms with Crippen LogP contribution in [0.1, 0.15) is 63.5 Å². The van der Waals surface area contributed by atoms with Gasteiger partial charge in [-0.2, -0.15) is 0 Å². The summed E-state index contributed by atoms with van der Waals surface area (Å²) < 4.78 is 11.5. The van der Waals surface area contributed by atoms with Crippen LogP contribution in [0.4, 0.5) is 5.69 Å². The monoisotopic (exact) mass is 426 g/mol. The fourth-order valence-electron chi connectivity index (χ4n) is 3.29. The van der Waals surface area contributed by atoms with E-state index in [0.717, 1.165) is 29.9 Å². The molecule has 170 valence electrons. The predicted octanol–water partition coefficient (Wildman–Crippen LogP) is 5.86. The zero-order valence-corrected chi connectivity index (χ0v) is 19.3. The van der Waals surface area contributed by atoms with Gasteiger partial charge >= 0.3 is 0 Å². The van der Waals surface area contributed by atoms with Crippen molar-refractivity contribution >= 4 is 11.6 Å². The van der Waals surface area contributed by atoms with Gasteiger partial charge < -0.3 is 20.1 Å². The summed E-state index contributed by atoms with van der Waals surface area (Å²) in [6.07, 6.45) is 7.80. The molecule has 0 aromatic heterocycles. The number of benzene rings is 2. The number of ether oxygens (including phenoxy) is 2. The molecule has 5 nitrogen and oxygen atoms in total. The van der Waals surface area contributed by atoms with Crippen molar-refractivity contribution in [1.82, 2.24) is 5.32 Å². The number of carbonyl (C=O) groups is 1. The number of carbonyl (C=O) groups excluding carboxylic acids is 1. The smallest absolute Gasteiger partial charge is 0.262 e. The van der Waals surface area contributed by atoms with Crippen LogP contribution in [0, 0.1) is 6.92 Å². The summed E-state index contributed by atoms with van der Waals surface area (Å²) in [6.45, 7) is 8.49. The molecular weight excluding hydrogens is 388 g/mol. The lowest BCUT2D eigenvalue weighted by molar-refractivity contribution is -0.118. The standard InChI is InChI=1S/C26H38N2O3/c1-4-6-7-8-9-10-17-27-19-22-13-16-24(25(18-22)30-5-2)31-20-26(29)28-23-14-11-21(3)12-15-23/h11-16,18,27H,4-10,17,19-20H2,1-3H3,(H,28,29). The Morgan fingerprint density at radius 3 is 2.35 bits per heavy atom. The summed E-state index contributed by atoms with van der Waals surface area (Å²) >= 11 is 0. The molecule has 2 rings (SSSR count). The summed E-state index contributed by atoms with van der Waals surface area (Å²) in [6, 6.07) is 13.6. The molecule has 0 spiro atoms. The van der Waals surface area contributed by atoms with Crippen molar-refractivity contribution in [1.29, 1.82) is 0 Å². The third kappa shape index (κ3) is 9.88. The van der Waals surface area contributed by atoms with Crippen molar-refractivity contribution in [3.05, 3.63) is 53.6 Å². The first-order chi connectivity index (χ1) is 15.1. The first kappa shape index (κ1) is 24.7. The minimum absolute atomic E-state index is 0.0659.